The van der Waals surface area contributed by atoms with Gasteiger partial charge in [0.1, 0.15) is 0 Å². The van der Waals surface area contributed by atoms with Gasteiger partial charge in [0.15, 0.2) is 0 Å². The van der Waals surface area contributed by atoms with Crippen LogP contribution in [0.25, 0.3) is 0 Å². The Balaban J connectivity index is 3.35. The predicted molar refractivity (Wildman–Crippen MR) is 57.3 cm³/mol. The zero-order chi connectivity index (χ0) is 9.23. The lowest BCUT2D eigenvalue weighted by Gasteiger charge is -2.03. The van der Waals surface area contributed by atoms with Crippen molar-refractivity contribution in [2.75, 3.05) is 0 Å². The highest BCUT2D eigenvalue weighted by atomic mass is 14.0. The molecular weight excluding hydrogens is 144 g/mol. The minimum absolute atomic E-state index is 0.800. The average molecular weight is 166 g/mol. The molecule has 0 aromatic rings. The molecule has 0 aliphatic heterocycles. The predicted octanol–water partition coefficient (Wildman–Crippen LogP) is 4.34. The molecule has 0 fully saturated rings. The summed E-state index contributed by atoms with van der Waals surface area (Å²) in [6, 6.07) is 0. The van der Waals surface area contributed by atoms with Crippen LogP contribution in [0.2, 0.25) is 0 Å². The van der Waals surface area contributed by atoms with Crippen LogP contribution in [-0.4, -0.2) is 0 Å². The fraction of sp³-hybridized carbons (Fsp3) is 0.667. The van der Waals surface area contributed by atoms with Crippen LogP contribution >= 0.6 is 0 Å². The molecule has 0 aromatic carbocycles. The van der Waals surface area contributed by atoms with E-state index in [2.05, 4.69) is 45.1 Å². The molecule has 0 aromatic heterocycles. The summed E-state index contributed by atoms with van der Waals surface area (Å²) in [7, 11) is 0. The molecule has 0 amide bonds. The smallest absolute Gasteiger partial charge is 0.0322 e. The van der Waals surface area contributed by atoms with Gasteiger partial charge in [0.05, 0.1) is 0 Å². The number of hydrogen-bond acceptors (Lipinski definition) is 0. The second kappa shape index (κ2) is 8.58. The minimum atomic E-state index is 0.800. The van der Waals surface area contributed by atoms with Crippen LogP contribution in [-0.2, 0) is 0 Å². The maximum Gasteiger partial charge on any atom is -0.0322 e. The summed E-state index contributed by atoms with van der Waals surface area (Å²) in [5.41, 5.74) is 0. The summed E-state index contributed by atoms with van der Waals surface area (Å²) in [6.45, 7) is 6.60. The van der Waals surface area contributed by atoms with E-state index in [0.717, 1.165) is 5.92 Å². The SMILES string of the molecule is CC=CCC(C)CC=CCCC. The third-order valence-electron chi connectivity index (χ3n) is 1.93. The van der Waals surface area contributed by atoms with Gasteiger partial charge in [-0.2, -0.15) is 0 Å². The van der Waals surface area contributed by atoms with Crippen molar-refractivity contribution in [1.82, 2.24) is 0 Å². The van der Waals surface area contributed by atoms with E-state index in [1.807, 2.05) is 0 Å². The van der Waals surface area contributed by atoms with Crippen LogP contribution in [0.3, 0.4) is 0 Å². The molecule has 12 heavy (non-hydrogen) atoms. The van der Waals surface area contributed by atoms with Crippen molar-refractivity contribution in [2.24, 2.45) is 5.92 Å². The molecule has 0 aliphatic rings. The van der Waals surface area contributed by atoms with Gasteiger partial charge in [-0.3, -0.25) is 0 Å². The van der Waals surface area contributed by atoms with E-state index < -0.39 is 0 Å². The molecule has 0 saturated carbocycles. The molecule has 0 spiro atoms. The van der Waals surface area contributed by atoms with Crippen LogP contribution in [0.15, 0.2) is 24.3 Å². The van der Waals surface area contributed by atoms with Crippen LogP contribution in [0.4, 0.5) is 0 Å². The number of unbranched alkanes of at least 4 members (excludes halogenated alkanes) is 1. The van der Waals surface area contributed by atoms with E-state index in [1.54, 1.807) is 0 Å². The molecular formula is C12H22. The molecule has 0 bridgehead atoms. The number of allylic oxidation sites excluding steroid dienone is 4. The average Bonchev–Trinajstić information content (AvgIpc) is 2.09. The van der Waals surface area contributed by atoms with E-state index in [4.69, 9.17) is 0 Å². The first kappa shape index (κ1) is 11.5. The molecule has 0 nitrogen and oxygen atoms in total. The first-order valence-electron chi connectivity index (χ1n) is 5.07. The highest BCUT2D eigenvalue weighted by Gasteiger charge is 1.94. The Morgan fingerprint density at radius 1 is 1.08 bits per heavy atom. The Morgan fingerprint density at radius 3 is 2.33 bits per heavy atom. The third-order valence-corrected chi connectivity index (χ3v) is 1.93. The molecule has 0 heterocycles. The van der Waals surface area contributed by atoms with Crippen molar-refractivity contribution in [3.63, 3.8) is 0 Å². The van der Waals surface area contributed by atoms with Gasteiger partial charge < -0.3 is 0 Å². The lowest BCUT2D eigenvalue weighted by atomic mass is 10.0. The van der Waals surface area contributed by atoms with Gasteiger partial charge in [-0.1, -0.05) is 44.6 Å². The molecule has 0 radical (unpaired) electrons. The second-order valence-corrected chi connectivity index (χ2v) is 3.41. The second-order valence-electron chi connectivity index (χ2n) is 3.41. The Morgan fingerprint density at radius 2 is 1.75 bits per heavy atom. The zero-order valence-electron chi connectivity index (χ0n) is 8.72. The highest BCUT2D eigenvalue weighted by Crippen LogP contribution is 2.09. The normalized spacial score (nSPS) is 14.6. The topological polar surface area (TPSA) is 0 Å². The standard InChI is InChI=1S/C12H22/c1-4-6-8-9-11-12(3)10-7-5-2/h5,7-9,12H,4,6,10-11H2,1-3H3. The van der Waals surface area contributed by atoms with E-state index in [0.29, 0.717) is 0 Å². The summed E-state index contributed by atoms with van der Waals surface area (Å²) < 4.78 is 0. The molecule has 0 aliphatic carbocycles. The lowest BCUT2D eigenvalue weighted by Crippen LogP contribution is -1.88. The number of rotatable bonds is 6. The summed E-state index contributed by atoms with van der Waals surface area (Å²) >= 11 is 0. The molecule has 70 valence electrons. The minimum Gasteiger partial charge on any atom is -0.0917 e. The van der Waals surface area contributed by atoms with E-state index in [1.165, 1.54) is 25.7 Å². The van der Waals surface area contributed by atoms with E-state index in [9.17, 15) is 0 Å². The van der Waals surface area contributed by atoms with Gasteiger partial charge in [0.25, 0.3) is 0 Å². The molecule has 0 saturated heterocycles. The van der Waals surface area contributed by atoms with E-state index >= 15 is 0 Å². The van der Waals surface area contributed by atoms with Crippen molar-refractivity contribution >= 4 is 0 Å². The van der Waals surface area contributed by atoms with Gasteiger partial charge in [-0.15, -0.1) is 0 Å². The molecule has 0 N–H and O–H groups in total. The van der Waals surface area contributed by atoms with Crippen LogP contribution < -0.4 is 0 Å². The maximum atomic E-state index is 2.32. The van der Waals surface area contributed by atoms with Crippen LogP contribution in [0.5, 0.6) is 0 Å². The van der Waals surface area contributed by atoms with E-state index in [-0.39, 0.29) is 0 Å². The molecule has 0 heteroatoms. The van der Waals surface area contributed by atoms with Crippen molar-refractivity contribution in [3.05, 3.63) is 24.3 Å². The van der Waals surface area contributed by atoms with Gasteiger partial charge in [0, 0.05) is 0 Å². The van der Waals surface area contributed by atoms with Gasteiger partial charge in [-0.25, -0.2) is 0 Å². The van der Waals surface area contributed by atoms with Crippen molar-refractivity contribution in [2.45, 2.75) is 46.5 Å². The molecule has 1 atom stereocenters. The summed E-state index contributed by atoms with van der Waals surface area (Å²) in [6.07, 6.45) is 13.9. The van der Waals surface area contributed by atoms with Crippen molar-refractivity contribution in [3.8, 4) is 0 Å². The van der Waals surface area contributed by atoms with Crippen molar-refractivity contribution < 1.29 is 0 Å². The summed E-state index contributed by atoms with van der Waals surface area (Å²) in [5.74, 6) is 0.800. The van der Waals surface area contributed by atoms with Gasteiger partial charge in [0.2, 0.25) is 0 Å². The lowest BCUT2D eigenvalue weighted by molar-refractivity contribution is 0.601. The summed E-state index contributed by atoms with van der Waals surface area (Å²) in [4.78, 5) is 0. The first-order chi connectivity index (χ1) is 5.81. The largest absolute Gasteiger partial charge is 0.0917 e. The fourth-order valence-electron chi connectivity index (χ4n) is 1.08. The molecule has 1 unspecified atom stereocenters. The summed E-state index contributed by atoms with van der Waals surface area (Å²) in [5, 5.41) is 0. The fourth-order valence-corrected chi connectivity index (χ4v) is 1.08. The third kappa shape index (κ3) is 7.59. The Hall–Kier alpha value is -0.520. The monoisotopic (exact) mass is 166 g/mol. The van der Waals surface area contributed by atoms with Crippen LogP contribution in [0.1, 0.15) is 46.5 Å². The first-order valence-corrected chi connectivity index (χ1v) is 5.07. The maximum absolute atomic E-state index is 2.32. The number of hydrogen-bond donors (Lipinski definition) is 0. The Kier molecular flexibility index (Phi) is 8.20. The highest BCUT2D eigenvalue weighted by molar-refractivity contribution is 4.86. The van der Waals surface area contributed by atoms with Gasteiger partial charge >= 0.3 is 0 Å². The Labute approximate surface area is 77.4 Å². The molecule has 0 rings (SSSR count). The Bertz CT molecular complexity index is 131. The zero-order valence-corrected chi connectivity index (χ0v) is 8.72. The van der Waals surface area contributed by atoms with Crippen molar-refractivity contribution in [1.29, 1.82) is 0 Å². The van der Waals surface area contributed by atoms with Gasteiger partial charge in [-0.05, 0) is 32.1 Å². The van der Waals surface area contributed by atoms with Crippen LogP contribution in [0, 0.1) is 5.92 Å². The quantitative estimate of drug-likeness (QED) is 0.515.